The second kappa shape index (κ2) is 5.76. The van der Waals surface area contributed by atoms with Crippen LogP contribution in [0.3, 0.4) is 0 Å². The number of hydrogen-bond donors (Lipinski definition) is 1. The predicted molar refractivity (Wildman–Crippen MR) is 38.4 cm³/mol. The van der Waals surface area contributed by atoms with Crippen molar-refractivity contribution in [3.63, 3.8) is 0 Å². The molecule has 54 valence electrons. The second-order valence-electron chi connectivity index (χ2n) is 2.34. The van der Waals surface area contributed by atoms with E-state index < -0.39 is 0 Å². The summed E-state index contributed by atoms with van der Waals surface area (Å²) >= 11 is 0. The van der Waals surface area contributed by atoms with Crippen molar-refractivity contribution < 1.29 is 4.79 Å². The van der Waals surface area contributed by atoms with Crippen molar-refractivity contribution in [1.29, 1.82) is 0 Å². The van der Waals surface area contributed by atoms with Gasteiger partial charge in [0.1, 0.15) is 6.29 Å². The van der Waals surface area contributed by atoms with E-state index in [0.29, 0.717) is 12.5 Å². The first kappa shape index (κ1) is 8.63. The first-order valence-electron chi connectivity index (χ1n) is 3.45. The van der Waals surface area contributed by atoms with E-state index in [9.17, 15) is 4.79 Å². The van der Waals surface area contributed by atoms with Gasteiger partial charge in [-0.15, -0.1) is 0 Å². The van der Waals surface area contributed by atoms with Crippen LogP contribution in [0.5, 0.6) is 0 Å². The molecule has 1 atom stereocenters. The maximum absolute atomic E-state index is 9.81. The summed E-state index contributed by atoms with van der Waals surface area (Å²) in [6.45, 7) is 5.75. The molecule has 0 spiro atoms. The molecule has 0 fully saturated rings. The average Bonchev–Trinajstić information content (AvgIpc) is 1.89. The van der Waals surface area contributed by atoms with Gasteiger partial charge < -0.3 is 10.1 Å². The highest BCUT2D eigenvalue weighted by Crippen LogP contribution is 1.95. The Kier molecular flexibility index (Phi) is 5.52. The van der Waals surface area contributed by atoms with E-state index >= 15 is 0 Å². The molecule has 9 heavy (non-hydrogen) atoms. The highest BCUT2D eigenvalue weighted by atomic mass is 16.1. The summed E-state index contributed by atoms with van der Waals surface area (Å²) in [5.74, 6) is 0.685. The van der Waals surface area contributed by atoms with Crippen LogP contribution in [0.4, 0.5) is 0 Å². The second-order valence-corrected chi connectivity index (χ2v) is 2.34. The van der Waals surface area contributed by atoms with Gasteiger partial charge >= 0.3 is 0 Å². The van der Waals surface area contributed by atoms with Gasteiger partial charge in [0.05, 0.1) is 6.54 Å². The molecule has 0 saturated carbocycles. The lowest BCUT2D eigenvalue weighted by molar-refractivity contribution is -0.107. The van der Waals surface area contributed by atoms with Crippen molar-refractivity contribution >= 4 is 6.29 Å². The van der Waals surface area contributed by atoms with E-state index in [1.165, 1.54) is 6.42 Å². The molecule has 0 aromatic heterocycles. The van der Waals surface area contributed by atoms with E-state index in [0.717, 1.165) is 12.8 Å². The third kappa shape index (κ3) is 5.50. The summed E-state index contributed by atoms with van der Waals surface area (Å²) in [5.41, 5.74) is 0. The summed E-state index contributed by atoms with van der Waals surface area (Å²) in [7, 11) is 0. The Labute approximate surface area is 56.6 Å². The normalized spacial score (nSPS) is 13.1. The lowest BCUT2D eigenvalue weighted by Gasteiger charge is -2.06. The molecular formula is C7H15NO. The Hall–Kier alpha value is -0.370. The standard InChI is InChI=1S/C7H15NO/c1-3-7(2)6-8-4-5-9/h5,7-8H,3-4,6H2,1-2H3. The Balaban J connectivity index is 2.96. The molecule has 1 N–H and O–H groups in total. The number of carbonyl (C=O) groups is 1. The van der Waals surface area contributed by atoms with Crippen LogP contribution in [-0.2, 0) is 4.79 Å². The first-order chi connectivity index (χ1) is 4.31. The van der Waals surface area contributed by atoms with Gasteiger partial charge in [-0.25, -0.2) is 0 Å². The van der Waals surface area contributed by atoms with Gasteiger partial charge in [0.2, 0.25) is 0 Å². The maximum Gasteiger partial charge on any atom is 0.133 e. The fourth-order valence-corrected chi connectivity index (χ4v) is 0.533. The molecule has 0 aliphatic carbocycles. The maximum atomic E-state index is 9.81. The topological polar surface area (TPSA) is 29.1 Å². The summed E-state index contributed by atoms with van der Waals surface area (Å²) in [5, 5.41) is 3.02. The molecule has 0 saturated heterocycles. The minimum absolute atomic E-state index is 0.490. The monoisotopic (exact) mass is 129 g/mol. The van der Waals surface area contributed by atoms with Crippen LogP contribution in [0.1, 0.15) is 20.3 Å². The van der Waals surface area contributed by atoms with Crippen LogP contribution in [0.2, 0.25) is 0 Å². The average molecular weight is 129 g/mol. The van der Waals surface area contributed by atoms with E-state index in [2.05, 4.69) is 19.2 Å². The predicted octanol–water partition coefficient (Wildman–Crippen LogP) is 0.821. The van der Waals surface area contributed by atoms with Crippen molar-refractivity contribution in [2.75, 3.05) is 13.1 Å². The van der Waals surface area contributed by atoms with Crippen LogP contribution >= 0.6 is 0 Å². The van der Waals surface area contributed by atoms with E-state index in [-0.39, 0.29) is 0 Å². The fraction of sp³-hybridized carbons (Fsp3) is 0.857. The Bertz CT molecular complexity index is 73.3. The minimum Gasteiger partial charge on any atom is -0.310 e. The number of rotatable bonds is 5. The zero-order valence-corrected chi connectivity index (χ0v) is 6.18. The summed E-state index contributed by atoms with van der Waals surface area (Å²) in [4.78, 5) is 9.81. The van der Waals surface area contributed by atoms with E-state index in [1.807, 2.05) is 0 Å². The van der Waals surface area contributed by atoms with Gasteiger partial charge in [0, 0.05) is 0 Å². The Morgan fingerprint density at radius 1 is 1.67 bits per heavy atom. The quantitative estimate of drug-likeness (QED) is 0.440. The minimum atomic E-state index is 0.490. The smallest absolute Gasteiger partial charge is 0.133 e. The molecule has 0 aromatic rings. The van der Waals surface area contributed by atoms with Gasteiger partial charge in [-0.2, -0.15) is 0 Å². The highest BCUT2D eigenvalue weighted by Gasteiger charge is 1.94. The third-order valence-corrected chi connectivity index (χ3v) is 1.42. The molecule has 2 nitrogen and oxygen atoms in total. The number of carbonyl (C=O) groups excluding carboxylic acids is 1. The van der Waals surface area contributed by atoms with Crippen molar-refractivity contribution in [3.05, 3.63) is 0 Å². The lowest BCUT2D eigenvalue weighted by Crippen LogP contribution is -2.22. The zero-order chi connectivity index (χ0) is 7.11. The lowest BCUT2D eigenvalue weighted by atomic mass is 10.1. The summed E-state index contributed by atoms with van der Waals surface area (Å²) < 4.78 is 0. The number of nitrogens with one attached hydrogen (secondary N) is 1. The molecule has 0 heterocycles. The van der Waals surface area contributed by atoms with Gasteiger partial charge in [0.15, 0.2) is 0 Å². The van der Waals surface area contributed by atoms with E-state index in [1.54, 1.807) is 0 Å². The van der Waals surface area contributed by atoms with Crippen LogP contribution < -0.4 is 5.32 Å². The molecule has 0 aliphatic heterocycles. The largest absolute Gasteiger partial charge is 0.310 e. The molecule has 0 aromatic carbocycles. The molecule has 0 rings (SSSR count). The van der Waals surface area contributed by atoms with Crippen molar-refractivity contribution in [2.45, 2.75) is 20.3 Å². The molecule has 0 radical (unpaired) electrons. The van der Waals surface area contributed by atoms with Gasteiger partial charge in [-0.05, 0) is 12.5 Å². The molecule has 1 unspecified atom stereocenters. The van der Waals surface area contributed by atoms with Gasteiger partial charge in [0.25, 0.3) is 0 Å². The third-order valence-electron chi connectivity index (χ3n) is 1.42. The van der Waals surface area contributed by atoms with Crippen molar-refractivity contribution in [2.24, 2.45) is 5.92 Å². The molecule has 0 aliphatic rings. The molecule has 2 heteroatoms. The number of hydrogen-bond acceptors (Lipinski definition) is 2. The SMILES string of the molecule is CCC(C)CNCC=O. The Morgan fingerprint density at radius 3 is 2.78 bits per heavy atom. The molecule has 0 bridgehead atoms. The van der Waals surface area contributed by atoms with Crippen LogP contribution in [0.15, 0.2) is 0 Å². The molecule has 0 amide bonds. The zero-order valence-electron chi connectivity index (χ0n) is 6.18. The van der Waals surface area contributed by atoms with Crippen LogP contribution in [0, 0.1) is 5.92 Å². The number of aldehydes is 1. The fourth-order valence-electron chi connectivity index (χ4n) is 0.533. The van der Waals surface area contributed by atoms with Gasteiger partial charge in [-0.3, -0.25) is 0 Å². The summed E-state index contributed by atoms with van der Waals surface area (Å²) in [6.07, 6.45) is 2.06. The van der Waals surface area contributed by atoms with E-state index in [4.69, 9.17) is 0 Å². The van der Waals surface area contributed by atoms with Crippen molar-refractivity contribution in [3.8, 4) is 0 Å². The highest BCUT2D eigenvalue weighted by molar-refractivity contribution is 5.51. The van der Waals surface area contributed by atoms with Gasteiger partial charge in [-0.1, -0.05) is 20.3 Å². The Morgan fingerprint density at radius 2 is 2.33 bits per heavy atom. The molecular weight excluding hydrogens is 114 g/mol. The van der Waals surface area contributed by atoms with Crippen LogP contribution in [0.25, 0.3) is 0 Å². The van der Waals surface area contributed by atoms with Crippen LogP contribution in [-0.4, -0.2) is 19.4 Å². The summed E-state index contributed by atoms with van der Waals surface area (Å²) in [6, 6.07) is 0. The first-order valence-corrected chi connectivity index (χ1v) is 3.45. The van der Waals surface area contributed by atoms with Crippen molar-refractivity contribution in [1.82, 2.24) is 5.32 Å².